The molecule has 5 aromatic rings. The highest BCUT2D eigenvalue weighted by atomic mass is 19.1. The number of benzene rings is 2. The molecule has 0 saturated carbocycles. The quantitative estimate of drug-likeness (QED) is 0.462. The first-order valence-electron chi connectivity index (χ1n) is 8.44. The second-order valence-electron chi connectivity index (χ2n) is 6.57. The van der Waals surface area contributed by atoms with Gasteiger partial charge in [0.2, 0.25) is 5.71 Å². The van der Waals surface area contributed by atoms with Gasteiger partial charge in [-0.2, -0.15) is 5.26 Å². The van der Waals surface area contributed by atoms with E-state index in [0.29, 0.717) is 27.2 Å². The van der Waals surface area contributed by atoms with Gasteiger partial charge in [-0.25, -0.2) is 13.6 Å². The van der Waals surface area contributed by atoms with Crippen molar-refractivity contribution in [3.63, 3.8) is 0 Å². The SMILES string of the molecule is Cc1cc2c3c4cc[nH]c4oc(=O)c3n(-c3cc(C#N)ccc3F)c2cc1F. The summed E-state index contributed by atoms with van der Waals surface area (Å²) in [4.78, 5) is 15.7. The van der Waals surface area contributed by atoms with Crippen molar-refractivity contribution in [2.24, 2.45) is 0 Å². The van der Waals surface area contributed by atoms with Crippen LogP contribution in [0, 0.1) is 29.9 Å². The zero-order valence-corrected chi connectivity index (χ0v) is 14.5. The summed E-state index contributed by atoms with van der Waals surface area (Å²) in [5.41, 5.74) is 0.574. The van der Waals surface area contributed by atoms with Crippen molar-refractivity contribution in [1.82, 2.24) is 9.55 Å². The molecule has 5 rings (SSSR count). The Bertz CT molecular complexity index is 1530. The first kappa shape index (κ1) is 16.3. The fourth-order valence-corrected chi connectivity index (χ4v) is 3.66. The van der Waals surface area contributed by atoms with E-state index in [1.54, 1.807) is 25.3 Å². The number of aromatic amines is 1. The smallest absolute Gasteiger partial charge is 0.362 e. The van der Waals surface area contributed by atoms with E-state index < -0.39 is 17.3 Å². The van der Waals surface area contributed by atoms with Crippen LogP contribution in [-0.2, 0) is 0 Å². The summed E-state index contributed by atoms with van der Waals surface area (Å²) >= 11 is 0. The van der Waals surface area contributed by atoms with E-state index >= 15 is 0 Å². The minimum absolute atomic E-state index is 0.0236. The molecular formula is C21H11F2N3O2. The Morgan fingerprint density at radius 2 is 1.93 bits per heavy atom. The van der Waals surface area contributed by atoms with Crippen LogP contribution in [0.3, 0.4) is 0 Å². The predicted molar refractivity (Wildman–Crippen MR) is 101 cm³/mol. The topological polar surface area (TPSA) is 74.7 Å². The molecule has 0 bridgehead atoms. The molecule has 0 radical (unpaired) electrons. The van der Waals surface area contributed by atoms with Crippen LogP contribution in [0.25, 0.3) is 38.6 Å². The van der Waals surface area contributed by atoms with E-state index in [1.165, 1.54) is 22.8 Å². The molecule has 7 heteroatoms. The highest BCUT2D eigenvalue weighted by Gasteiger charge is 2.22. The number of aryl methyl sites for hydroxylation is 1. The number of rotatable bonds is 1. The second-order valence-corrected chi connectivity index (χ2v) is 6.57. The number of aromatic nitrogens is 2. The van der Waals surface area contributed by atoms with Crippen molar-refractivity contribution in [3.05, 3.63) is 75.8 Å². The third-order valence-corrected chi connectivity index (χ3v) is 4.93. The molecule has 1 N–H and O–H groups in total. The summed E-state index contributed by atoms with van der Waals surface area (Å²) in [6.07, 6.45) is 1.63. The molecule has 0 aliphatic carbocycles. The van der Waals surface area contributed by atoms with Crippen LogP contribution < -0.4 is 5.63 Å². The number of nitrogens with zero attached hydrogens (tertiary/aromatic N) is 2. The number of fused-ring (bicyclic) bond motifs is 5. The van der Waals surface area contributed by atoms with E-state index in [-0.39, 0.29) is 22.5 Å². The highest BCUT2D eigenvalue weighted by Crippen LogP contribution is 2.36. The van der Waals surface area contributed by atoms with Crippen LogP contribution >= 0.6 is 0 Å². The minimum Gasteiger partial charge on any atom is -0.404 e. The number of hydrogen-bond acceptors (Lipinski definition) is 3. The molecule has 3 heterocycles. The Kier molecular flexibility index (Phi) is 3.22. The van der Waals surface area contributed by atoms with Gasteiger partial charge in [-0.15, -0.1) is 0 Å². The standard InChI is InChI=1S/C21H11F2N3O2/c1-10-6-13-16(8-15(10)23)26(17-7-11(9-24)2-3-14(17)22)19-18(13)12-4-5-25-20(12)28-21(19)27/h2-8,25H,1H3. The third-order valence-electron chi connectivity index (χ3n) is 4.93. The molecule has 0 amide bonds. The van der Waals surface area contributed by atoms with Gasteiger partial charge in [0.05, 0.1) is 22.8 Å². The summed E-state index contributed by atoms with van der Waals surface area (Å²) in [6, 6.07) is 10.4. The largest absolute Gasteiger partial charge is 0.404 e. The molecule has 0 aliphatic rings. The number of hydrogen-bond donors (Lipinski definition) is 1. The Hall–Kier alpha value is -3.92. The molecule has 0 fully saturated rings. The summed E-state index contributed by atoms with van der Waals surface area (Å²) in [5, 5.41) is 11.0. The van der Waals surface area contributed by atoms with Crippen LogP contribution in [0.4, 0.5) is 8.78 Å². The van der Waals surface area contributed by atoms with Crippen molar-refractivity contribution < 1.29 is 13.2 Å². The van der Waals surface area contributed by atoms with Crippen molar-refractivity contribution in [3.8, 4) is 11.8 Å². The van der Waals surface area contributed by atoms with Crippen LogP contribution in [0.15, 0.2) is 51.8 Å². The monoisotopic (exact) mass is 375 g/mol. The van der Waals surface area contributed by atoms with Crippen molar-refractivity contribution in [1.29, 1.82) is 5.26 Å². The average Bonchev–Trinajstić information content (AvgIpc) is 3.25. The average molecular weight is 375 g/mol. The lowest BCUT2D eigenvalue weighted by Crippen LogP contribution is -2.07. The molecule has 136 valence electrons. The Morgan fingerprint density at radius 3 is 2.71 bits per heavy atom. The number of halogens is 2. The summed E-state index contributed by atoms with van der Waals surface area (Å²) in [5.74, 6) is -1.13. The summed E-state index contributed by atoms with van der Waals surface area (Å²) in [7, 11) is 0. The van der Waals surface area contributed by atoms with Gasteiger partial charge in [0.15, 0.2) is 0 Å². The second kappa shape index (κ2) is 5.54. The molecule has 2 aromatic carbocycles. The van der Waals surface area contributed by atoms with Gasteiger partial charge in [0.25, 0.3) is 0 Å². The Morgan fingerprint density at radius 1 is 1.11 bits per heavy atom. The van der Waals surface area contributed by atoms with Gasteiger partial charge in [0.1, 0.15) is 17.2 Å². The highest BCUT2D eigenvalue weighted by molar-refractivity contribution is 6.19. The van der Waals surface area contributed by atoms with Gasteiger partial charge >= 0.3 is 5.63 Å². The van der Waals surface area contributed by atoms with Gasteiger partial charge in [-0.05, 0) is 48.9 Å². The molecular weight excluding hydrogens is 364 g/mol. The maximum atomic E-state index is 14.7. The van der Waals surface area contributed by atoms with Gasteiger partial charge in [0, 0.05) is 22.4 Å². The van der Waals surface area contributed by atoms with E-state index in [4.69, 9.17) is 4.42 Å². The lowest BCUT2D eigenvalue weighted by Gasteiger charge is -2.09. The summed E-state index contributed by atoms with van der Waals surface area (Å²) in [6.45, 7) is 1.62. The summed E-state index contributed by atoms with van der Waals surface area (Å²) < 4.78 is 35.8. The van der Waals surface area contributed by atoms with Crippen molar-refractivity contribution >= 4 is 32.9 Å². The Labute approximate surface area is 156 Å². The molecule has 3 aromatic heterocycles. The Balaban J connectivity index is 2.12. The fraction of sp³-hybridized carbons (Fsp3) is 0.0476. The van der Waals surface area contributed by atoms with E-state index in [0.717, 1.165) is 6.07 Å². The minimum atomic E-state index is -0.694. The fourth-order valence-electron chi connectivity index (χ4n) is 3.66. The number of H-pyrrole nitrogens is 1. The maximum absolute atomic E-state index is 14.7. The predicted octanol–water partition coefficient (Wildman–Crippen LogP) is 4.68. The zero-order chi connectivity index (χ0) is 19.6. The third kappa shape index (κ3) is 2.06. The van der Waals surface area contributed by atoms with E-state index in [2.05, 4.69) is 4.98 Å². The first-order valence-corrected chi connectivity index (χ1v) is 8.44. The van der Waals surface area contributed by atoms with Crippen LogP contribution in [0.1, 0.15) is 11.1 Å². The van der Waals surface area contributed by atoms with Gasteiger partial charge in [-0.3, -0.25) is 4.57 Å². The molecule has 5 nitrogen and oxygen atoms in total. The molecule has 0 saturated heterocycles. The van der Waals surface area contributed by atoms with E-state index in [1.807, 2.05) is 6.07 Å². The lowest BCUT2D eigenvalue weighted by molar-refractivity contribution is 0.556. The van der Waals surface area contributed by atoms with Gasteiger partial charge < -0.3 is 9.40 Å². The van der Waals surface area contributed by atoms with Crippen LogP contribution in [0.5, 0.6) is 0 Å². The molecule has 0 atom stereocenters. The molecule has 0 spiro atoms. The molecule has 0 unspecified atom stereocenters. The lowest BCUT2D eigenvalue weighted by atomic mass is 10.1. The first-order chi connectivity index (χ1) is 13.5. The molecule has 0 aliphatic heterocycles. The molecule has 28 heavy (non-hydrogen) atoms. The number of nitrogens with one attached hydrogen (secondary N) is 1. The van der Waals surface area contributed by atoms with E-state index in [9.17, 15) is 18.8 Å². The van der Waals surface area contributed by atoms with Gasteiger partial charge in [-0.1, -0.05) is 0 Å². The number of nitriles is 1. The van der Waals surface area contributed by atoms with Crippen molar-refractivity contribution in [2.75, 3.05) is 0 Å². The van der Waals surface area contributed by atoms with Crippen LogP contribution in [-0.4, -0.2) is 9.55 Å². The van der Waals surface area contributed by atoms with Crippen LogP contribution in [0.2, 0.25) is 0 Å². The maximum Gasteiger partial charge on any atom is 0.362 e. The van der Waals surface area contributed by atoms with Crippen molar-refractivity contribution in [2.45, 2.75) is 6.92 Å². The normalized spacial score (nSPS) is 11.5. The zero-order valence-electron chi connectivity index (χ0n) is 14.5.